The molecule has 1 aliphatic carbocycles. The topological polar surface area (TPSA) is 20.3 Å². The van der Waals surface area contributed by atoms with Crippen molar-refractivity contribution in [3.05, 3.63) is 0 Å². The lowest BCUT2D eigenvalue weighted by Gasteiger charge is -2.45. The van der Waals surface area contributed by atoms with E-state index in [4.69, 9.17) is 0 Å². The Hall–Kier alpha value is -0.370. The minimum atomic E-state index is -0.0699. The molecule has 1 saturated carbocycles. The molecule has 0 amide bonds. The van der Waals surface area contributed by atoms with Crippen LogP contribution in [0.4, 0.5) is 0 Å². The summed E-state index contributed by atoms with van der Waals surface area (Å²) in [4.78, 5) is 14.8. The highest BCUT2D eigenvalue weighted by atomic mass is 16.1. The van der Waals surface area contributed by atoms with E-state index >= 15 is 0 Å². The van der Waals surface area contributed by atoms with E-state index in [9.17, 15) is 4.79 Å². The van der Waals surface area contributed by atoms with Crippen molar-refractivity contribution in [3.63, 3.8) is 0 Å². The highest BCUT2D eigenvalue weighted by molar-refractivity contribution is 5.90. The monoisotopic (exact) mass is 237 g/mol. The van der Waals surface area contributed by atoms with E-state index in [1.165, 1.54) is 12.8 Å². The minimum absolute atomic E-state index is 0.0699. The molecule has 2 aliphatic rings. The molecule has 2 fully saturated rings. The summed E-state index contributed by atoms with van der Waals surface area (Å²) < 4.78 is 0. The van der Waals surface area contributed by atoms with Gasteiger partial charge in [0.25, 0.3) is 0 Å². The van der Waals surface area contributed by atoms with E-state index < -0.39 is 0 Å². The van der Waals surface area contributed by atoms with E-state index in [0.29, 0.717) is 11.8 Å². The Balaban J connectivity index is 2.11. The standard InChI is InChI=1S/C15H27NO/c1-11(2)13-5-8-15(9-6-13)14(17)7-10-16(15)12(3)4/h11-13H,5-10H2,1-4H3. The van der Waals surface area contributed by atoms with Crippen molar-refractivity contribution >= 4 is 5.78 Å². The van der Waals surface area contributed by atoms with E-state index in [1.807, 2.05) is 0 Å². The van der Waals surface area contributed by atoms with Crippen molar-refractivity contribution in [2.24, 2.45) is 11.8 Å². The molecule has 0 aromatic heterocycles. The molecule has 0 aromatic rings. The Labute approximate surface area is 106 Å². The van der Waals surface area contributed by atoms with Crippen molar-refractivity contribution in [1.82, 2.24) is 4.90 Å². The Morgan fingerprint density at radius 2 is 1.76 bits per heavy atom. The first-order valence-corrected chi connectivity index (χ1v) is 7.27. The summed E-state index contributed by atoms with van der Waals surface area (Å²) in [5, 5.41) is 0. The van der Waals surface area contributed by atoms with E-state index in [0.717, 1.165) is 37.6 Å². The minimum Gasteiger partial charge on any atom is -0.298 e. The second-order valence-corrected chi connectivity index (χ2v) is 6.57. The molecule has 2 heteroatoms. The Morgan fingerprint density at radius 3 is 2.24 bits per heavy atom. The molecule has 0 radical (unpaired) electrons. The van der Waals surface area contributed by atoms with Crippen molar-refractivity contribution < 1.29 is 4.79 Å². The van der Waals surface area contributed by atoms with Gasteiger partial charge in [0.2, 0.25) is 0 Å². The fourth-order valence-corrected chi connectivity index (χ4v) is 3.93. The maximum absolute atomic E-state index is 12.3. The summed E-state index contributed by atoms with van der Waals surface area (Å²) >= 11 is 0. The van der Waals surface area contributed by atoms with Gasteiger partial charge in [-0.05, 0) is 51.4 Å². The fraction of sp³-hybridized carbons (Fsp3) is 0.933. The molecular weight excluding hydrogens is 210 g/mol. The van der Waals surface area contributed by atoms with Gasteiger partial charge in [-0.2, -0.15) is 0 Å². The van der Waals surface area contributed by atoms with Crippen LogP contribution in [0.3, 0.4) is 0 Å². The quantitative estimate of drug-likeness (QED) is 0.735. The molecular formula is C15H27NO. The molecule has 0 unspecified atom stereocenters. The van der Waals surface area contributed by atoms with Gasteiger partial charge in [-0.25, -0.2) is 0 Å². The maximum Gasteiger partial charge on any atom is 0.154 e. The van der Waals surface area contributed by atoms with Gasteiger partial charge in [0.1, 0.15) is 0 Å². The molecule has 2 rings (SSSR count). The zero-order valence-corrected chi connectivity index (χ0v) is 11.8. The molecule has 98 valence electrons. The predicted octanol–water partition coefficient (Wildman–Crippen LogP) is 3.25. The number of ketones is 1. The molecule has 1 saturated heterocycles. The van der Waals surface area contributed by atoms with Crippen LogP contribution in [0.1, 0.15) is 59.8 Å². The third-order valence-electron chi connectivity index (χ3n) is 5.07. The highest BCUT2D eigenvalue weighted by Crippen LogP contribution is 2.44. The van der Waals surface area contributed by atoms with E-state index in [1.54, 1.807) is 0 Å². The third-order valence-corrected chi connectivity index (χ3v) is 5.07. The van der Waals surface area contributed by atoms with Crippen LogP contribution >= 0.6 is 0 Å². The Bertz CT molecular complexity index is 287. The van der Waals surface area contributed by atoms with Gasteiger partial charge in [0, 0.05) is 19.0 Å². The Kier molecular flexibility index (Phi) is 3.63. The summed E-state index contributed by atoms with van der Waals surface area (Å²) in [6.07, 6.45) is 5.48. The lowest BCUT2D eigenvalue weighted by atomic mass is 9.71. The van der Waals surface area contributed by atoms with Crippen LogP contribution in [0.5, 0.6) is 0 Å². The van der Waals surface area contributed by atoms with Gasteiger partial charge in [0.15, 0.2) is 5.78 Å². The molecule has 17 heavy (non-hydrogen) atoms. The normalized spacial score (nSPS) is 35.4. The summed E-state index contributed by atoms with van der Waals surface area (Å²) in [5.41, 5.74) is -0.0699. The molecule has 0 aromatic carbocycles. The van der Waals surface area contributed by atoms with Gasteiger partial charge in [-0.3, -0.25) is 9.69 Å². The second-order valence-electron chi connectivity index (χ2n) is 6.57. The van der Waals surface area contributed by atoms with E-state index in [-0.39, 0.29) is 5.54 Å². The van der Waals surface area contributed by atoms with Gasteiger partial charge < -0.3 is 0 Å². The van der Waals surface area contributed by atoms with Crippen molar-refractivity contribution in [2.45, 2.75) is 71.4 Å². The van der Waals surface area contributed by atoms with Crippen molar-refractivity contribution in [2.75, 3.05) is 6.54 Å². The smallest absolute Gasteiger partial charge is 0.154 e. The lowest BCUT2D eigenvalue weighted by Crippen LogP contribution is -2.53. The Morgan fingerprint density at radius 1 is 1.18 bits per heavy atom. The number of rotatable bonds is 2. The number of carbonyl (C=O) groups is 1. The molecule has 0 bridgehead atoms. The lowest BCUT2D eigenvalue weighted by molar-refractivity contribution is -0.128. The number of likely N-dealkylation sites (tertiary alicyclic amines) is 1. The molecule has 0 atom stereocenters. The number of hydrogen-bond acceptors (Lipinski definition) is 2. The molecule has 1 spiro atoms. The van der Waals surface area contributed by atoms with Crippen molar-refractivity contribution in [1.29, 1.82) is 0 Å². The van der Waals surface area contributed by atoms with Crippen LogP contribution in [-0.2, 0) is 4.79 Å². The first-order chi connectivity index (χ1) is 7.97. The first-order valence-electron chi connectivity index (χ1n) is 7.27. The van der Waals surface area contributed by atoms with Crippen LogP contribution in [-0.4, -0.2) is 28.8 Å². The number of hydrogen-bond donors (Lipinski definition) is 0. The zero-order chi connectivity index (χ0) is 12.6. The average molecular weight is 237 g/mol. The molecule has 1 heterocycles. The van der Waals surface area contributed by atoms with Gasteiger partial charge in [-0.15, -0.1) is 0 Å². The van der Waals surface area contributed by atoms with Gasteiger partial charge in [-0.1, -0.05) is 13.8 Å². The van der Waals surface area contributed by atoms with Crippen LogP contribution in [0, 0.1) is 11.8 Å². The van der Waals surface area contributed by atoms with Crippen molar-refractivity contribution in [3.8, 4) is 0 Å². The average Bonchev–Trinajstić information content (AvgIpc) is 2.57. The highest BCUT2D eigenvalue weighted by Gasteiger charge is 2.50. The summed E-state index contributed by atoms with van der Waals surface area (Å²) in [5.74, 6) is 2.13. The van der Waals surface area contributed by atoms with E-state index in [2.05, 4.69) is 32.6 Å². The molecule has 1 aliphatic heterocycles. The summed E-state index contributed by atoms with van der Waals surface area (Å²) in [6, 6.07) is 0.511. The maximum atomic E-state index is 12.3. The van der Waals surface area contributed by atoms with Crippen LogP contribution in [0.15, 0.2) is 0 Å². The van der Waals surface area contributed by atoms with Gasteiger partial charge >= 0.3 is 0 Å². The number of Topliss-reactive ketones (excluding diaryl/α,β-unsaturated/α-hetero) is 1. The van der Waals surface area contributed by atoms with Gasteiger partial charge in [0.05, 0.1) is 5.54 Å². The predicted molar refractivity (Wildman–Crippen MR) is 71.0 cm³/mol. The third kappa shape index (κ3) is 2.16. The second kappa shape index (κ2) is 4.72. The number of nitrogens with zero attached hydrogens (tertiary/aromatic N) is 1. The first kappa shape index (κ1) is 13.1. The summed E-state index contributed by atoms with van der Waals surface area (Å²) in [7, 11) is 0. The van der Waals surface area contributed by atoms with Crippen LogP contribution in [0.2, 0.25) is 0 Å². The fourth-order valence-electron chi connectivity index (χ4n) is 3.93. The summed E-state index contributed by atoms with van der Waals surface area (Å²) in [6.45, 7) is 10.1. The SMILES string of the molecule is CC(C)C1CCC2(CC1)C(=O)CCN2C(C)C. The van der Waals surface area contributed by atoms with Crippen LogP contribution < -0.4 is 0 Å². The largest absolute Gasteiger partial charge is 0.298 e. The molecule has 2 nitrogen and oxygen atoms in total. The van der Waals surface area contributed by atoms with Crippen LogP contribution in [0.25, 0.3) is 0 Å². The number of carbonyl (C=O) groups excluding carboxylic acids is 1. The zero-order valence-electron chi connectivity index (χ0n) is 11.8. The molecule has 0 N–H and O–H groups in total.